The van der Waals surface area contributed by atoms with E-state index in [9.17, 15) is 0 Å². The van der Waals surface area contributed by atoms with Crippen LogP contribution in [0.3, 0.4) is 0 Å². The van der Waals surface area contributed by atoms with Crippen LogP contribution in [-0.4, -0.2) is 62.9 Å². The number of rotatable bonds is 4. The number of nitrogens with one attached hydrogen (secondary N) is 1. The predicted molar refractivity (Wildman–Crippen MR) is 86.0 cm³/mol. The summed E-state index contributed by atoms with van der Waals surface area (Å²) in [5.41, 5.74) is 1.13. The number of hydrogen-bond donors (Lipinski definition) is 1. The molecule has 21 heavy (non-hydrogen) atoms. The summed E-state index contributed by atoms with van der Waals surface area (Å²) in [4.78, 5) is 9.27. The molecule has 1 aromatic heterocycles. The molecule has 5 heteroatoms. The molecule has 2 fully saturated rings. The minimum absolute atomic E-state index is 0.792. The van der Waals surface area contributed by atoms with Gasteiger partial charge in [-0.05, 0) is 51.0 Å². The average molecular weight is 290 g/mol. The number of morpholine rings is 1. The number of hydrogen-bond acceptors (Lipinski definition) is 5. The SMILES string of the molecule is CN1CCC(CNc2ccc(N3CCOCC3)nc2)CC1. The number of aromatic nitrogens is 1. The number of nitrogens with zero attached hydrogens (tertiary/aromatic N) is 3. The number of pyridine rings is 1. The van der Waals surface area contributed by atoms with Crippen LogP contribution < -0.4 is 10.2 Å². The fourth-order valence-electron chi connectivity index (χ4n) is 3.00. The van der Waals surface area contributed by atoms with Gasteiger partial charge in [0.2, 0.25) is 0 Å². The summed E-state index contributed by atoms with van der Waals surface area (Å²) >= 11 is 0. The van der Waals surface area contributed by atoms with Gasteiger partial charge in [0.1, 0.15) is 5.82 Å². The van der Waals surface area contributed by atoms with Gasteiger partial charge < -0.3 is 19.9 Å². The minimum Gasteiger partial charge on any atom is -0.384 e. The minimum atomic E-state index is 0.792. The summed E-state index contributed by atoms with van der Waals surface area (Å²) in [6.07, 6.45) is 4.55. The Morgan fingerprint density at radius 2 is 1.95 bits per heavy atom. The van der Waals surface area contributed by atoms with Gasteiger partial charge in [0, 0.05) is 19.6 Å². The Kier molecular flexibility index (Phi) is 4.93. The van der Waals surface area contributed by atoms with Crippen LogP contribution in [0.2, 0.25) is 0 Å². The molecule has 3 heterocycles. The molecule has 2 aliphatic rings. The molecule has 0 unspecified atom stereocenters. The van der Waals surface area contributed by atoms with Crippen molar-refractivity contribution in [1.29, 1.82) is 0 Å². The molecule has 5 nitrogen and oxygen atoms in total. The Labute approximate surface area is 127 Å². The monoisotopic (exact) mass is 290 g/mol. The van der Waals surface area contributed by atoms with Gasteiger partial charge in [-0.1, -0.05) is 0 Å². The average Bonchev–Trinajstić information content (AvgIpc) is 2.56. The summed E-state index contributed by atoms with van der Waals surface area (Å²) in [7, 11) is 2.21. The maximum Gasteiger partial charge on any atom is 0.128 e. The fraction of sp³-hybridized carbons (Fsp3) is 0.688. The highest BCUT2D eigenvalue weighted by Gasteiger charge is 2.16. The van der Waals surface area contributed by atoms with Crippen molar-refractivity contribution in [2.45, 2.75) is 12.8 Å². The maximum absolute atomic E-state index is 5.37. The zero-order chi connectivity index (χ0) is 14.5. The Morgan fingerprint density at radius 1 is 1.19 bits per heavy atom. The molecule has 0 saturated carbocycles. The molecule has 0 spiro atoms. The molecule has 2 saturated heterocycles. The highest BCUT2D eigenvalue weighted by atomic mass is 16.5. The standard InChI is InChI=1S/C16H26N4O/c1-19-6-4-14(5-7-19)12-17-15-2-3-16(18-13-15)20-8-10-21-11-9-20/h2-3,13-14,17H,4-12H2,1H3. The van der Waals surface area contributed by atoms with Crippen molar-refractivity contribution in [3.8, 4) is 0 Å². The van der Waals surface area contributed by atoms with Gasteiger partial charge in [-0.25, -0.2) is 4.98 Å². The lowest BCUT2D eigenvalue weighted by Gasteiger charge is -2.29. The van der Waals surface area contributed by atoms with Crippen molar-refractivity contribution in [2.24, 2.45) is 5.92 Å². The molecule has 116 valence electrons. The second-order valence-corrected chi connectivity index (χ2v) is 6.13. The quantitative estimate of drug-likeness (QED) is 0.913. The van der Waals surface area contributed by atoms with E-state index in [2.05, 4.69) is 39.3 Å². The van der Waals surface area contributed by atoms with E-state index in [0.29, 0.717) is 0 Å². The van der Waals surface area contributed by atoms with E-state index in [4.69, 9.17) is 4.74 Å². The molecule has 0 atom stereocenters. The number of likely N-dealkylation sites (tertiary alicyclic amines) is 1. The van der Waals surface area contributed by atoms with Crippen LogP contribution in [0.5, 0.6) is 0 Å². The van der Waals surface area contributed by atoms with Gasteiger partial charge in [-0.3, -0.25) is 0 Å². The van der Waals surface area contributed by atoms with Crippen LogP contribution >= 0.6 is 0 Å². The lowest BCUT2D eigenvalue weighted by atomic mass is 9.97. The van der Waals surface area contributed by atoms with Crippen molar-refractivity contribution >= 4 is 11.5 Å². The van der Waals surface area contributed by atoms with E-state index in [1.807, 2.05) is 6.20 Å². The molecule has 2 aliphatic heterocycles. The molecule has 0 bridgehead atoms. The lowest BCUT2D eigenvalue weighted by molar-refractivity contribution is 0.122. The normalized spacial score (nSPS) is 21.5. The van der Waals surface area contributed by atoms with Gasteiger partial charge >= 0.3 is 0 Å². The van der Waals surface area contributed by atoms with Gasteiger partial charge in [-0.2, -0.15) is 0 Å². The third-order valence-corrected chi connectivity index (χ3v) is 4.52. The first-order valence-electron chi connectivity index (χ1n) is 8.02. The number of piperidine rings is 1. The van der Waals surface area contributed by atoms with Crippen LogP contribution in [0.15, 0.2) is 18.3 Å². The second-order valence-electron chi connectivity index (χ2n) is 6.13. The van der Waals surface area contributed by atoms with Gasteiger partial charge in [0.25, 0.3) is 0 Å². The molecule has 0 aromatic carbocycles. The van der Waals surface area contributed by atoms with Crippen LogP contribution in [-0.2, 0) is 4.74 Å². The number of anilines is 2. The summed E-state index contributed by atoms with van der Waals surface area (Å²) in [5, 5.41) is 3.54. The van der Waals surface area contributed by atoms with Crippen LogP contribution in [0.1, 0.15) is 12.8 Å². The summed E-state index contributed by atoms with van der Waals surface area (Å²) in [6.45, 7) is 6.99. The number of ether oxygens (including phenoxy) is 1. The van der Waals surface area contributed by atoms with Crippen molar-refractivity contribution in [3.05, 3.63) is 18.3 Å². The maximum atomic E-state index is 5.37. The Bertz CT molecular complexity index is 422. The smallest absolute Gasteiger partial charge is 0.128 e. The largest absolute Gasteiger partial charge is 0.384 e. The molecule has 0 aliphatic carbocycles. The van der Waals surface area contributed by atoms with E-state index in [1.165, 1.54) is 25.9 Å². The zero-order valence-electron chi connectivity index (χ0n) is 12.9. The van der Waals surface area contributed by atoms with E-state index < -0.39 is 0 Å². The van der Waals surface area contributed by atoms with E-state index in [1.54, 1.807) is 0 Å². The molecule has 0 amide bonds. The van der Waals surface area contributed by atoms with E-state index >= 15 is 0 Å². The van der Waals surface area contributed by atoms with Crippen molar-refractivity contribution in [3.63, 3.8) is 0 Å². The van der Waals surface area contributed by atoms with Crippen LogP contribution in [0.4, 0.5) is 11.5 Å². The van der Waals surface area contributed by atoms with Crippen molar-refractivity contribution in [2.75, 3.05) is 63.2 Å². The highest BCUT2D eigenvalue weighted by molar-refractivity contribution is 5.48. The molecule has 0 radical (unpaired) electrons. The zero-order valence-corrected chi connectivity index (χ0v) is 12.9. The van der Waals surface area contributed by atoms with Gasteiger partial charge in [-0.15, -0.1) is 0 Å². The molecule has 1 N–H and O–H groups in total. The fourth-order valence-corrected chi connectivity index (χ4v) is 3.00. The van der Waals surface area contributed by atoms with Gasteiger partial charge in [0.15, 0.2) is 0 Å². The molecule has 1 aromatic rings. The second kappa shape index (κ2) is 7.09. The van der Waals surface area contributed by atoms with E-state index in [0.717, 1.165) is 50.3 Å². The van der Waals surface area contributed by atoms with Gasteiger partial charge in [0.05, 0.1) is 25.1 Å². The van der Waals surface area contributed by atoms with Crippen molar-refractivity contribution in [1.82, 2.24) is 9.88 Å². The topological polar surface area (TPSA) is 40.6 Å². The highest BCUT2D eigenvalue weighted by Crippen LogP contribution is 2.19. The Hall–Kier alpha value is -1.33. The van der Waals surface area contributed by atoms with Crippen LogP contribution in [0.25, 0.3) is 0 Å². The van der Waals surface area contributed by atoms with E-state index in [-0.39, 0.29) is 0 Å². The summed E-state index contributed by atoms with van der Waals surface area (Å²) < 4.78 is 5.37. The molecular weight excluding hydrogens is 264 g/mol. The first-order valence-corrected chi connectivity index (χ1v) is 8.02. The summed E-state index contributed by atoms with van der Waals surface area (Å²) in [5.74, 6) is 1.85. The van der Waals surface area contributed by atoms with Crippen LogP contribution in [0, 0.1) is 5.92 Å². The Morgan fingerprint density at radius 3 is 2.62 bits per heavy atom. The van der Waals surface area contributed by atoms with Crippen molar-refractivity contribution < 1.29 is 4.74 Å². The first-order chi connectivity index (χ1) is 10.3. The predicted octanol–water partition coefficient (Wildman–Crippen LogP) is 1.67. The first kappa shape index (κ1) is 14.6. The lowest BCUT2D eigenvalue weighted by Crippen LogP contribution is -2.36. The third-order valence-electron chi connectivity index (χ3n) is 4.52. The Balaban J connectivity index is 1.48. The molecular formula is C16H26N4O. The molecule has 3 rings (SSSR count). The summed E-state index contributed by atoms with van der Waals surface area (Å²) in [6, 6.07) is 4.26. The third kappa shape index (κ3) is 4.08.